The number of carbonyl (C=O) groups is 1. The molecular weight excluding hydrogens is 294 g/mol. The molecule has 0 unspecified atom stereocenters. The van der Waals surface area contributed by atoms with Crippen molar-refractivity contribution in [3.63, 3.8) is 0 Å². The van der Waals surface area contributed by atoms with Crippen LogP contribution in [0.2, 0.25) is 0 Å². The third-order valence-corrected chi connectivity index (χ3v) is 5.28. The summed E-state index contributed by atoms with van der Waals surface area (Å²) < 4.78 is 0. The van der Waals surface area contributed by atoms with Crippen LogP contribution in [0.25, 0.3) is 0 Å². The van der Waals surface area contributed by atoms with Crippen molar-refractivity contribution in [3.05, 3.63) is 39.3 Å². The number of aromatic amines is 1. The van der Waals surface area contributed by atoms with E-state index in [0.717, 1.165) is 30.5 Å². The molecule has 0 saturated heterocycles. The average molecular weight is 317 g/mol. The maximum Gasteiger partial charge on any atom is 0.272 e. The topological polar surface area (TPSA) is 57.8 Å². The SMILES string of the molecule is CC(C)[C@H](NC(=O)c1n[nH]c2c1CCCCC2)c1cccs1. The lowest BCUT2D eigenvalue weighted by molar-refractivity contribution is 0.0920. The number of nitrogens with one attached hydrogen (secondary N) is 2. The first-order valence-electron chi connectivity index (χ1n) is 8.07. The number of amides is 1. The van der Waals surface area contributed by atoms with E-state index in [-0.39, 0.29) is 11.9 Å². The molecule has 0 saturated carbocycles. The van der Waals surface area contributed by atoms with Gasteiger partial charge in [0, 0.05) is 16.1 Å². The van der Waals surface area contributed by atoms with Crippen LogP contribution in [0.4, 0.5) is 0 Å². The van der Waals surface area contributed by atoms with Gasteiger partial charge in [-0.2, -0.15) is 5.10 Å². The molecule has 0 bridgehead atoms. The van der Waals surface area contributed by atoms with E-state index in [1.54, 1.807) is 11.3 Å². The van der Waals surface area contributed by atoms with Crippen molar-refractivity contribution in [2.24, 2.45) is 5.92 Å². The zero-order valence-electron chi connectivity index (χ0n) is 13.2. The molecule has 1 amide bonds. The lowest BCUT2D eigenvalue weighted by Gasteiger charge is -2.21. The first-order chi connectivity index (χ1) is 10.7. The Morgan fingerprint density at radius 1 is 1.32 bits per heavy atom. The summed E-state index contributed by atoms with van der Waals surface area (Å²) in [6.45, 7) is 4.27. The predicted molar refractivity (Wildman–Crippen MR) is 89.2 cm³/mol. The summed E-state index contributed by atoms with van der Waals surface area (Å²) in [5, 5.41) is 12.6. The van der Waals surface area contributed by atoms with Crippen LogP contribution >= 0.6 is 11.3 Å². The molecule has 0 spiro atoms. The summed E-state index contributed by atoms with van der Waals surface area (Å²) in [6.07, 6.45) is 5.52. The number of H-pyrrole nitrogens is 1. The molecule has 2 N–H and O–H groups in total. The zero-order chi connectivity index (χ0) is 15.5. The molecule has 1 aliphatic rings. The highest BCUT2D eigenvalue weighted by atomic mass is 32.1. The zero-order valence-corrected chi connectivity index (χ0v) is 14.0. The van der Waals surface area contributed by atoms with Crippen molar-refractivity contribution in [2.75, 3.05) is 0 Å². The number of hydrogen-bond acceptors (Lipinski definition) is 3. The molecule has 0 aromatic carbocycles. The molecule has 0 fully saturated rings. The summed E-state index contributed by atoms with van der Waals surface area (Å²) >= 11 is 1.69. The van der Waals surface area contributed by atoms with Crippen molar-refractivity contribution < 1.29 is 4.79 Å². The lowest BCUT2D eigenvalue weighted by Crippen LogP contribution is -2.32. The van der Waals surface area contributed by atoms with Gasteiger partial charge in [-0.25, -0.2) is 0 Å². The van der Waals surface area contributed by atoms with Gasteiger partial charge in [-0.15, -0.1) is 11.3 Å². The average Bonchev–Trinajstić information content (AvgIpc) is 3.10. The number of rotatable bonds is 4. The smallest absolute Gasteiger partial charge is 0.272 e. The van der Waals surface area contributed by atoms with Gasteiger partial charge in [0.15, 0.2) is 5.69 Å². The fourth-order valence-electron chi connectivity index (χ4n) is 3.09. The molecule has 2 aromatic rings. The minimum Gasteiger partial charge on any atom is -0.343 e. The number of thiophene rings is 1. The standard InChI is InChI=1S/C17H23N3OS/c1-11(2)15(14-9-6-10-22-14)18-17(21)16-12-7-4-3-5-8-13(12)19-20-16/h6,9-11,15H,3-5,7-8H2,1-2H3,(H,18,21)(H,19,20)/t15-/m0/s1. The Labute approximate surface area is 135 Å². The molecule has 1 aliphatic carbocycles. The van der Waals surface area contributed by atoms with E-state index in [0.29, 0.717) is 11.6 Å². The Bertz CT molecular complexity index is 630. The van der Waals surface area contributed by atoms with Crippen LogP contribution in [0.1, 0.15) is 65.8 Å². The van der Waals surface area contributed by atoms with E-state index >= 15 is 0 Å². The summed E-state index contributed by atoms with van der Waals surface area (Å²) in [7, 11) is 0. The maximum absolute atomic E-state index is 12.7. The molecule has 4 nitrogen and oxygen atoms in total. The molecule has 118 valence electrons. The number of fused-ring (bicyclic) bond motifs is 1. The first kappa shape index (κ1) is 15.3. The molecular formula is C17H23N3OS. The van der Waals surface area contributed by atoms with Crippen LogP contribution < -0.4 is 5.32 Å². The number of aromatic nitrogens is 2. The third kappa shape index (κ3) is 3.09. The van der Waals surface area contributed by atoms with Crippen molar-refractivity contribution in [1.29, 1.82) is 0 Å². The van der Waals surface area contributed by atoms with Crippen molar-refractivity contribution in [2.45, 2.75) is 52.0 Å². The molecule has 22 heavy (non-hydrogen) atoms. The quantitative estimate of drug-likeness (QED) is 0.841. The van der Waals surface area contributed by atoms with Crippen LogP contribution in [-0.4, -0.2) is 16.1 Å². The van der Waals surface area contributed by atoms with Crippen LogP contribution in [0.3, 0.4) is 0 Å². The van der Waals surface area contributed by atoms with Gasteiger partial charge in [0.1, 0.15) is 0 Å². The van der Waals surface area contributed by atoms with Crippen LogP contribution in [-0.2, 0) is 12.8 Å². The Hall–Kier alpha value is -1.62. The maximum atomic E-state index is 12.7. The second-order valence-electron chi connectivity index (χ2n) is 6.30. The van der Waals surface area contributed by atoms with E-state index in [9.17, 15) is 4.79 Å². The normalized spacial score (nSPS) is 16.1. The fraction of sp³-hybridized carbons (Fsp3) is 0.529. The van der Waals surface area contributed by atoms with Gasteiger partial charge in [-0.3, -0.25) is 9.89 Å². The number of nitrogens with zero attached hydrogens (tertiary/aromatic N) is 1. The lowest BCUT2D eigenvalue weighted by atomic mass is 10.0. The first-order valence-corrected chi connectivity index (χ1v) is 8.95. The molecule has 0 aliphatic heterocycles. The highest BCUT2D eigenvalue weighted by Gasteiger charge is 2.25. The van der Waals surface area contributed by atoms with Gasteiger partial charge < -0.3 is 5.32 Å². The van der Waals surface area contributed by atoms with Crippen molar-refractivity contribution in [3.8, 4) is 0 Å². The highest BCUT2D eigenvalue weighted by molar-refractivity contribution is 7.10. The number of hydrogen-bond donors (Lipinski definition) is 2. The van der Waals surface area contributed by atoms with E-state index < -0.39 is 0 Å². The van der Waals surface area contributed by atoms with Gasteiger partial charge in [-0.1, -0.05) is 26.3 Å². The molecule has 5 heteroatoms. The minimum atomic E-state index is -0.0495. The monoisotopic (exact) mass is 317 g/mol. The fourth-order valence-corrected chi connectivity index (χ4v) is 4.04. The molecule has 2 heterocycles. The number of carbonyl (C=O) groups excluding carboxylic acids is 1. The molecule has 0 radical (unpaired) electrons. The Balaban J connectivity index is 1.80. The van der Waals surface area contributed by atoms with Crippen LogP contribution in [0.15, 0.2) is 17.5 Å². The van der Waals surface area contributed by atoms with Crippen LogP contribution in [0, 0.1) is 5.92 Å². The number of aryl methyl sites for hydroxylation is 1. The van der Waals surface area contributed by atoms with E-state index in [1.807, 2.05) is 6.07 Å². The van der Waals surface area contributed by atoms with E-state index in [1.165, 1.54) is 17.7 Å². The summed E-state index contributed by atoms with van der Waals surface area (Å²) in [5.41, 5.74) is 2.88. The van der Waals surface area contributed by atoms with Crippen molar-refractivity contribution >= 4 is 17.2 Å². The Morgan fingerprint density at radius 2 is 2.14 bits per heavy atom. The van der Waals surface area contributed by atoms with Gasteiger partial charge in [0.05, 0.1) is 6.04 Å². The molecule has 2 aromatic heterocycles. The van der Waals surface area contributed by atoms with Gasteiger partial charge in [0.25, 0.3) is 5.91 Å². The summed E-state index contributed by atoms with van der Waals surface area (Å²) in [4.78, 5) is 13.9. The summed E-state index contributed by atoms with van der Waals surface area (Å²) in [6, 6.07) is 4.16. The molecule has 1 atom stereocenters. The second-order valence-corrected chi connectivity index (χ2v) is 7.28. The highest BCUT2D eigenvalue weighted by Crippen LogP contribution is 2.27. The minimum absolute atomic E-state index is 0.0469. The van der Waals surface area contributed by atoms with Crippen LogP contribution in [0.5, 0.6) is 0 Å². The van der Waals surface area contributed by atoms with E-state index in [2.05, 4.69) is 40.8 Å². The largest absolute Gasteiger partial charge is 0.343 e. The Kier molecular flexibility index (Phi) is 4.62. The summed E-state index contributed by atoms with van der Waals surface area (Å²) in [5.74, 6) is 0.298. The third-order valence-electron chi connectivity index (χ3n) is 4.32. The molecule has 3 rings (SSSR count). The van der Waals surface area contributed by atoms with Crippen molar-refractivity contribution in [1.82, 2.24) is 15.5 Å². The van der Waals surface area contributed by atoms with Gasteiger partial charge >= 0.3 is 0 Å². The van der Waals surface area contributed by atoms with Gasteiger partial charge in [0.2, 0.25) is 0 Å². The van der Waals surface area contributed by atoms with E-state index in [4.69, 9.17) is 0 Å². The second kappa shape index (κ2) is 6.65. The Morgan fingerprint density at radius 3 is 2.86 bits per heavy atom. The predicted octanol–water partition coefficient (Wildman–Crippen LogP) is 3.87. The van der Waals surface area contributed by atoms with Gasteiger partial charge in [-0.05, 0) is 43.0 Å².